The molecule has 1 aromatic heterocycles. The zero-order valence-corrected chi connectivity index (χ0v) is 19.5. The predicted molar refractivity (Wildman–Crippen MR) is 132 cm³/mol. The fraction of sp³-hybridized carbons (Fsp3) is 0.192. The third-order valence-corrected chi connectivity index (χ3v) is 6.26. The first-order chi connectivity index (χ1) is 17.4. The number of nitrogens with zero attached hydrogens (tertiary/aromatic N) is 5. The third kappa shape index (κ3) is 4.00. The molecule has 0 spiro atoms. The van der Waals surface area contributed by atoms with Crippen molar-refractivity contribution in [2.75, 3.05) is 11.9 Å². The second-order valence-electron chi connectivity index (χ2n) is 8.45. The van der Waals surface area contributed by atoms with Crippen LogP contribution in [0.3, 0.4) is 0 Å². The van der Waals surface area contributed by atoms with E-state index in [4.69, 9.17) is 10.8 Å². The highest BCUT2D eigenvalue weighted by Crippen LogP contribution is 2.37. The second kappa shape index (κ2) is 9.30. The highest BCUT2D eigenvalue weighted by Gasteiger charge is 2.48. The zero-order valence-electron chi connectivity index (χ0n) is 19.5. The number of halogens is 1. The molecule has 10 heteroatoms. The molecule has 0 saturated carbocycles. The first-order valence-electron chi connectivity index (χ1n) is 11.4. The van der Waals surface area contributed by atoms with Gasteiger partial charge >= 0.3 is 0 Å². The number of allylic oxidation sites excluding steroid dienone is 1. The molecule has 1 fully saturated rings. The molecule has 2 atom stereocenters. The fourth-order valence-corrected chi connectivity index (χ4v) is 4.64. The average Bonchev–Trinajstić information content (AvgIpc) is 3.46. The summed E-state index contributed by atoms with van der Waals surface area (Å²) in [5.41, 5.74) is 2.01. The Morgan fingerprint density at radius 1 is 1.28 bits per heavy atom. The smallest absolute Gasteiger partial charge is 0.299 e. The number of nitrogens with two attached hydrogens (primary N) is 1. The number of carbonyl (C=O) groups excluding carboxylic acids is 2. The summed E-state index contributed by atoms with van der Waals surface area (Å²) in [5.74, 6) is 11.4. The summed E-state index contributed by atoms with van der Waals surface area (Å²) in [6.45, 7) is 2.19. The van der Waals surface area contributed by atoms with E-state index in [1.165, 1.54) is 12.3 Å². The molecule has 9 nitrogen and oxygen atoms in total. The minimum atomic E-state index is -0.514. The van der Waals surface area contributed by atoms with E-state index in [-0.39, 0.29) is 27.9 Å². The predicted octanol–water partition coefficient (Wildman–Crippen LogP) is 2.71. The van der Waals surface area contributed by atoms with E-state index in [9.17, 15) is 14.0 Å². The minimum Gasteiger partial charge on any atom is -0.323 e. The van der Waals surface area contributed by atoms with Gasteiger partial charge in [-0.25, -0.2) is 9.37 Å². The van der Waals surface area contributed by atoms with Crippen molar-refractivity contribution in [1.82, 2.24) is 9.88 Å². The second-order valence-corrected chi connectivity index (χ2v) is 8.45. The Kier molecular flexibility index (Phi) is 6.01. The van der Waals surface area contributed by atoms with Crippen LogP contribution in [0.5, 0.6) is 0 Å². The van der Waals surface area contributed by atoms with Gasteiger partial charge in [-0.1, -0.05) is 18.1 Å². The topological polar surface area (TPSA) is 113 Å². The Hall–Kier alpha value is -4.46. The minimum absolute atomic E-state index is 0.0847. The van der Waals surface area contributed by atoms with Gasteiger partial charge in [-0.3, -0.25) is 14.6 Å². The monoisotopic (exact) mass is 484 g/mol. The maximum absolute atomic E-state index is 13.6. The molecule has 3 aliphatic rings. The number of nitrogens with one attached hydrogen (secondary N) is 1. The molecule has 0 bridgehead atoms. The summed E-state index contributed by atoms with van der Waals surface area (Å²) in [6.07, 6.45) is 7.67. The van der Waals surface area contributed by atoms with Crippen LogP contribution in [0.25, 0.3) is 0 Å². The normalized spacial score (nSPS) is 22.1. The zero-order chi connectivity index (χ0) is 25.3. The first-order valence-corrected chi connectivity index (χ1v) is 11.4. The van der Waals surface area contributed by atoms with E-state index >= 15 is 0 Å². The van der Waals surface area contributed by atoms with Gasteiger partial charge in [0, 0.05) is 18.8 Å². The van der Waals surface area contributed by atoms with Crippen LogP contribution in [0.1, 0.15) is 35.7 Å². The molecule has 0 aliphatic carbocycles. The van der Waals surface area contributed by atoms with Gasteiger partial charge in [0.25, 0.3) is 17.6 Å². The maximum atomic E-state index is 13.6. The van der Waals surface area contributed by atoms with Gasteiger partial charge < -0.3 is 10.2 Å². The lowest BCUT2D eigenvalue weighted by atomic mass is 10.0. The maximum Gasteiger partial charge on any atom is 0.299 e. The molecule has 3 N–H and O–H groups in total. The average molecular weight is 485 g/mol. The van der Waals surface area contributed by atoms with Gasteiger partial charge in [0.2, 0.25) is 5.70 Å². The summed E-state index contributed by atoms with van der Waals surface area (Å²) in [5, 5.41) is 2.63. The van der Waals surface area contributed by atoms with Gasteiger partial charge in [0.15, 0.2) is 0 Å². The molecule has 4 heterocycles. The number of benzene rings is 1. The van der Waals surface area contributed by atoms with E-state index in [2.05, 4.69) is 27.1 Å². The van der Waals surface area contributed by atoms with Crippen LogP contribution in [0, 0.1) is 17.7 Å². The molecule has 5 rings (SSSR count). The molecule has 180 valence electrons. The van der Waals surface area contributed by atoms with Crippen LogP contribution >= 0.6 is 0 Å². The van der Waals surface area contributed by atoms with E-state index in [0.717, 1.165) is 12.5 Å². The lowest BCUT2D eigenvalue weighted by Crippen LogP contribution is -2.53. The van der Waals surface area contributed by atoms with Gasteiger partial charge in [-0.05, 0) is 43.9 Å². The Morgan fingerprint density at radius 2 is 2.11 bits per heavy atom. The number of amidine groups is 1. The van der Waals surface area contributed by atoms with Crippen molar-refractivity contribution in [1.29, 1.82) is 0 Å². The van der Waals surface area contributed by atoms with Crippen molar-refractivity contribution in [3.8, 4) is 11.8 Å². The number of aliphatic imine (C=N–C) groups is 2. The van der Waals surface area contributed by atoms with Gasteiger partial charge in [0.1, 0.15) is 23.5 Å². The van der Waals surface area contributed by atoms with Crippen LogP contribution in [0.15, 0.2) is 76.4 Å². The highest BCUT2D eigenvalue weighted by atomic mass is 19.1. The van der Waals surface area contributed by atoms with Crippen molar-refractivity contribution >= 4 is 29.7 Å². The number of fused-ring (bicyclic) bond motifs is 1. The molecule has 2 aromatic rings. The number of hydrogen-bond acceptors (Lipinski definition) is 6. The first kappa shape index (κ1) is 23.3. The number of quaternary nitrogens is 1. The largest absolute Gasteiger partial charge is 0.323 e. The number of rotatable bonds is 4. The van der Waals surface area contributed by atoms with Crippen LogP contribution in [0.2, 0.25) is 0 Å². The molecule has 1 aromatic carbocycles. The van der Waals surface area contributed by atoms with Crippen LogP contribution in [-0.4, -0.2) is 50.9 Å². The van der Waals surface area contributed by atoms with Gasteiger partial charge in [-0.2, -0.15) is 10.8 Å². The number of hydrogen-bond donors (Lipinski definition) is 2. The highest BCUT2D eigenvalue weighted by molar-refractivity contribution is 6.13. The molecule has 2 amide bonds. The fourth-order valence-electron chi connectivity index (χ4n) is 4.64. The van der Waals surface area contributed by atoms with Crippen molar-refractivity contribution in [3.63, 3.8) is 0 Å². The number of aromatic nitrogens is 1. The van der Waals surface area contributed by atoms with Crippen LogP contribution in [-0.2, 0) is 4.79 Å². The molecule has 0 radical (unpaired) electrons. The standard InChI is InChI=1S/C26H22FN7O2/c1-2-6-23(35)33-13-5-9-20(33)24-21-16-29-12-14-34(21,28)25(32-24)18-7-3-4-8-19(18)26(36)31-22-15-17(27)10-11-30-22/h3-4,7-8,10-12,14-16,20H,5,9,13,28H2,1H3/p+1. The molecule has 1 saturated heterocycles. The molecule has 3 aliphatic heterocycles. The summed E-state index contributed by atoms with van der Waals surface area (Å²) in [7, 11) is 0. The van der Waals surface area contributed by atoms with Crippen molar-refractivity contribution in [2.45, 2.75) is 25.8 Å². The number of pyridine rings is 1. The summed E-state index contributed by atoms with van der Waals surface area (Å²) in [6, 6.07) is 8.90. The van der Waals surface area contributed by atoms with Crippen molar-refractivity contribution in [3.05, 3.63) is 83.3 Å². The van der Waals surface area contributed by atoms with E-state index in [0.29, 0.717) is 35.8 Å². The molecular weight excluding hydrogens is 461 g/mol. The van der Waals surface area contributed by atoms with E-state index in [1.807, 2.05) is 0 Å². The number of anilines is 1. The summed E-state index contributed by atoms with van der Waals surface area (Å²) in [4.78, 5) is 40.7. The quantitative estimate of drug-likeness (QED) is 0.395. The van der Waals surface area contributed by atoms with E-state index in [1.54, 1.807) is 54.7 Å². The Labute approximate surface area is 207 Å². The number of likely N-dealkylation sites (tertiary alicyclic amines) is 1. The SMILES string of the molecule is CC#CC(=O)N1CCCC1C1=C2C=NC=C[N+]2(N)C(c2ccccc2C(=O)Nc2cc(F)ccn2)=N1. The molecule has 2 unspecified atom stereocenters. The number of amides is 2. The Bertz CT molecular complexity index is 1450. The van der Waals surface area contributed by atoms with Crippen molar-refractivity contribution < 1.29 is 18.6 Å². The lowest BCUT2D eigenvalue weighted by Gasteiger charge is -2.28. The summed E-state index contributed by atoms with van der Waals surface area (Å²) >= 11 is 0. The third-order valence-electron chi connectivity index (χ3n) is 6.26. The van der Waals surface area contributed by atoms with Gasteiger partial charge in [-0.15, -0.1) is 4.59 Å². The number of carbonyl (C=O) groups is 2. The van der Waals surface area contributed by atoms with E-state index < -0.39 is 11.7 Å². The van der Waals surface area contributed by atoms with Crippen LogP contribution in [0.4, 0.5) is 10.2 Å². The Balaban J connectivity index is 1.56. The Morgan fingerprint density at radius 3 is 2.92 bits per heavy atom. The molecule has 36 heavy (non-hydrogen) atoms. The molecular formula is C26H23FN7O2+. The van der Waals surface area contributed by atoms with Gasteiger partial charge in [0.05, 0.1) is 29.6 Å². The van der Waals surface area contributed by atoms with Crippen molar-refractivity contribution in [2.24, 2.45) is 15.8 Å². The lowest BCUT2D eigenvalue weighted by molar-refractivity contribution is -0.750. The van der Waals surface area contributed by atoms with Crippen LogP contribution < -0.4 is 11.2 Å². The summed E-state index contributed by atoms with van der Waals surface area (Å²) < 4.78 is 13.3.